The third-order valence-electron chi connectivity index (χ3n) is 13.7. The van der Waals surface area contributed by atoms with E-state index in [1.54, 1.807) is 0 Å². The first kappa shape index (κ1) is 46.5. The first-order chi connectivity index (χ1) is 34.2. The third-order valence-corrected chi connectivity index (χ3v) is 13.7. The molecular formula is C56H24B13NO. The van der Waals surface area contributed by atoms with Crippen molar-refractivity contribution in [2.24, 2.45) is 0 Å². The van der Waals surface area contributed by atoms with Gasteiger partial charge in [-0.1, -0.05) is 164 Å². The second-order valence-corrected chi connectivity index (χ2v) is 17.6. The lowest BCUT2D eigenvalue weighted by atomic mass is 9.55. The molecule has 1 aromatic heterocycles. The normalized spacial score (nSPS) is 11.5. The van der Waals surface area contributed by atoms with E-state index in [4.69, 9.17) is 106 Å². The number of furan rings is 1. The Hall–Kier alpha value is -6.84. The zero-order valence-electron chi connectivity index (χ0n) is 38.2. The molecule has 0 aliphatic carbocycles. The Morgan fingerprint density at radius 3 is 1.45 bits per heavy atom. The standard InChI is InChI=1S/C56H24B13NO/c57-42-38(40-46(61)50(65)52(67)51(66)47(40)62)43(58)45(60)39(44(42)59)41-48(63)53(68)55(54(69)49(41)64)70(30-13-7-12-28(24-30)29-20-19-25-9-1-2-11-27(25)23-29)35-17-6-5-15-32(35)33-16-8-18-36-37(33)34-22-21-26-10-3-4-14-31(26)56(34)71-36/h1-24H. The summed E-state index contributed by atoms with van der Waals surface area (Å²) in [5.74, 6) is 0. The summed E-state index contributed by atoms with van der Waals surface area (Å²) in [7, 11) is 88.0. The summed E-state index contributed by atoms with van der Waals surface area (Å²) in [5.41, 5.74) is 7.02. The molecule has 1 heterocycles. The second kappa shape index (κ2) is 17.8. The molecule has 2 nitrogen and oxygen atoms in total. The Labute approximate surface area is 430 Å². The topological polar surface area (TPSA) is 16.4 Å². The van der Waals surface area contributed by atoms with Gasteiger partial charge in [-0.2, -0.15) is 0 Å². The SMILES string of the molecule is [B]c1c([B])c([B])c(-c2c([B])c([B])c(-c3c([B])c([B])c(N(c4cccc(-c5ccc6ccccc6c5)c4)c4ccccc4-c4cccc5oc6c7ccccc7ccc6c45)c([B])c3[B])c([B])c2[B])c([B])c1[B]. The number of fused-ring (bicyclic) bond motifs is 6. The van der Waals surface area contributed by atoms with Gasteiger partial charge in [0, 0.05) is 33.1 Å². The van der Waals surface area contributed by atoms with E-state index in [1.165, 1.54) is 0 Å². The van der Waals surface area contributed by atoms with Crippen molar-refractivity contribution < 1.29 is 4.42 Å². The van der Waals surface area contributed by atoms with Gasteiger partial charge in [0.05, 0.1) is 5.69 Å². The summed E-state index contributed by atoms with van der Waals surface area (Å²) in [5, 5.41) is 6.18. The van der Waals surface area contributed by atoms with E-state index < -0.39 is 0 Å². The van der Waals surface area contributed by atoms with Crippen LogP contribution in [0.2, 0.25) is 0 Å². The van der Waals surface area contributed by atoms with Crippen LogP contribution in [0.1, 0.15) is 0 Å². The highest BCUT2D eigenvalue weighted by Gasteiger charge is 2.28. The second-order valence-electron chi connectivity index (χ2n) is 17.6. The number of benzene rings is 10. The summed E-state index contributed by atoms with van der Waals surface area (Å²) in [4.78, 5) is 1.97. The molecule has 298 valence electrons. The molecule has 0 aliphatic heterocycles. The summed E-state index contributed by atoms with van der Waals surface area (Å²) >= 11 is 0. The molecule has 0 bridgehead atoms. The molecule has 0 atom stereocenters. The van der Waals surface area contributed by atoms with Crippen molar-refractivity contribution in [1.82, 2.24) is 0 Å². The van der Waals surface area contributed by atoms with Gasteiger partial charge < -0.3 is 9.32 Å². The maximum Gasteiger partial charge on any atom is 0.143 e. The highest BCUT2D eigenvalue weighted by atomic mass is 16.3. The number of para-hydroxylation sites is 1. The van der Waals surface area contributed by atoms with E-state index >= 15 is 0 Å². The van der Waals surface area contributed by atoms with Crippen LogP contribution in [0.15, 0.2) is 150 Å². The Bertz CT molecular complexity index is 3990. The summed E-state index contributed by atoms with van der Waals surface area (Å²) in [6.45, 7) is 0. The van der Waals surface area contributed by atoms with Gasteiger partial charge in [0.2, 0.25) is 0 Å². The molecule has 11 aromatic rings. The molecule has 11 rings (SSSR count). The van der Waals surface area contributed by atoms with E-state index in [1.807, 2.05) is 77.7 Å². The lowest BCUT2D eigenvalue weighted by Crippen LogP contribution is -2.57. The van der Waals surface area contributed by atoms with Gasteiger partial charge in [0.1, 0.15) is 113 Å². The molecule has 0 unspecified atom stereocenters. The van der Waals surface area contributed by atoms with E-state index in [2.05, 4.69) is 72.8 Å². The number of nitrogens with zero attached hydrogens (tertiary/aromatic N) is 1. The van der Waals surface area contributed by atoms with Crippen LogP contribution < -0.4 is 75.9 Å². The minimum atomic E-state index is -0.0667. The van der Waals surface area contributed by atoms with Crippen molar-refractivity contribution in [2.45, 2.75) is 0 Å². The maximum atomic E-state index is 7.32. The highest BCUT2D eigenvalue weighted by molar-refractivity contribution is 6.72. The molecule has 0 aliphatic rings. The first-order valence-corrected chi connectivity index (χ1v) is 22.5. The van der Waals surface area contributed by atoms with Crippen molar-refractivity contribution in [3.63, 3.8) is 0 Å². The van der Waals surface area contributed by atoms with Gasteiger partial charge in [-0.05, 0) is 91.5 Å². The fraction of sp³-hybridized carbons (Fsp3) is 0. The molecule has 0 amide bonds. The van der Waals surface area contributed by atoms with Crippen molar-refractivity contribution >= 4 is 234 Å². The van der Waals surface area contributed by atoms with Crippen molar-refractivity contribution in [1.29, 1.82) is 0 Å². The van der Waals surface area contributed by atoms with E-state index in [0.717, 1.165) is 65.7 Å². The molecule has 0 saturated carbocycles. The largest absolute Gasteiger partial charge is 0.455 e. The van der Waals surface area contributed by atoms with Gasteiger partial charge in [-0.3, -0.25) is 0 Å². The summed E-state index contributed by atoms with van der Waals surface area (Å²) in [6, 6.07) is 49.0. The molecule has 0 fully saturated rings. The van der Waals surface area contributed by atoms with Gasteiger partial charge in [-0.15, -0.1) is 16.4 Å². The Kier molecular flexibility index (Phi) is 11.7. The molecule has 0 N–H and O–H groups in total. The van der Waals surface area contributed by atoms with Crippen LogP contribution in [0, 0.1) is 0 Å². The van der Waals surface area contributed by atoms with E-state index in [-0.39, 0.29) is 93.3 Å². The van der Waals surface area contributed by atoms with Crippen molar-refractivity contribution in [3.05, 3.63) is 146 Å². The van der Waals surface area contributed by atoms with Crippen LogP contribution in [0.3, 0.4) is 0 Å². The van der Waals surface area contributed by atoms with Gasteiger partial charge >= 0.3 is 0 Å². The van der Waals surface area contributed by atoms with E-state index in [9.17, 15) is 0 Å². The van der Waals surface area contributed by atoms with Gasteiger partial charge in [-0.25, -0.2) is 0 Å². The van der Waals surface area contributed by atoms with Crippen LogP contribution in [-0.2, 0) is 0 Å². The first-order valence-electron chi connectivity index (χ1n) is 22.5. The number of rotatable bonds is 7. The third kappa shape index (κ3) is 7.28. The van der Waals surface area contributed by atoms with Crippen LogP contribution >= 0.6 is 0 Å². The number of hydrogen-bond donors (Lipinski definition) is 0. The molecule has 0 saturated heterocycles. The van der Waals surface area contributed by atoms with Crippen molar-refractivity contribution in [3.8, 4) is 44.5 Å². The number of hydrogen-bond acceptors (Lipinski definition) is 2. The lowest BCUT2D eigenvalue weighted by molar-refractivity contribution is 0.673. The van der Waals surface area contributed by atoms with Crippen LogP contribution in [-0.4, -0.2) is 102 Å². The van der Waals surface area contributed by atoms with E-state index in [0.29, 0.717) is 17.1 Å². The van der Waals surface area contributed by atoms with Crippen LogP contribution in [0.4, 0.5) is 17.1 Å². The molecule has 15 heteroatoms. The number of anilines is 3. The van der Waals surface area contributed by atoms with Crippen molar-refractivity contribution in [2.75, 3.05) is 4.90 Å². The minimum absolute atomic E-state index is 0.000348. The highest BCUT2D eigenvalue weighted by Crippen LogP contribution is 2.45. The van der Waals surface area contributed by atoms with Gasteiger partial charge in [0.15, 0.2) is 0 Å². The van der Waals surface area contributed by atoms with Crippen LogP contribution in [0.5, 0.6) is 0 Å². The summed E-state index contributed by atoms with van der Waals surface area (Å²) < 4.78 is 6.66. The maximum absolute atomic E-state index is 7.32. The zero-order valence-corrected chi connectivity index (χ0v) is 38.2. The summed E-state index contributed by atoms with van der Waals surface area (Å²) in [6.07, 6.45) is 0. The zero-order chi connectivity index (χ0) is 49.7. The monoisotopic (exact) mass is 869 g/mol. The Morgan fingerprint density at radius 2 is 0.803 bits per heavy atom. The average Bonchev–Trinajstić information content (AvgIpc) is 3.79. The predicted octanol–water partition coefficient (Wildman–Crippen LogP) is 0.350. The lowest BCUT2D eigenvalue weighted by Gasteiger charge is -2.35. The van der Waals surface area contributed by atoms with Gasteiger partial charge in [0.25, 0.3) is 0 Å². The average molecular weight is 867 g/mol. The smallest absolute Gasteiger partial charge is 0.143 e. The molecule has 10 aromatic carbocycles. The predicted molar refractivity (Wildman–Crippen MR) is 315 cm³/mol. The fourth-order valence-electron chi connectivity index (χ4n) is 10.1. The fourth-order valence-corrected chi connectivity index (χ4v) is 10.1. The molecule has 0 spiro atoms. The molecule has 71 heavy (non-hydrogen) atoms. The van der Waals surface area contributed by atoms with Crippen LogP contribution in [0.25, 0.3) is 88.0 Å². The minimum Gasteiger partial charge on any atom is -0.455 e. The quantitative estimate of drug-likeness (QED) is 0.216. The molecule has 26 radical (unpaired) electrons. The Morgan fingerprint density at radius 1 is 0.324 bits per heavy atom. The molecular weight excluding hydrogens is 843 g/mol. The Balaban J connectivity index is 1.16.